The second-order valence-corrected chi connectivity index (χ2v) is 13.2. The van der Waals surface area contributed by atoms with Crippen molar-refractivity contribution < 1.29 is 77.4 Å². The van der Waals surface area contributed by atoms with Crippen LogP contribution in [0.3, 0.4) is 0 Å². The van der Waals surface area contributed by atoms with Crippen molar-refractivity contribution in [2.24, 2.45) is 23.7 Å². The Morgan fingerprint density at radius 3 is 1.92 bits per heavy atom. The SMILES string of the molecule is C[C@@H]1C(NS(=O)(=O)O)[C@H](CO)OC(CS(=O)(=O)O)[C@@H]1COC[C@@H]1OC(C(=O)O)[C@H](CO)[C@H](C)C1OS(=O)(=O)O. The molecule has 0 aliphatic carbocycles. The van der Waals surface area contributed by atoms with Gasteiger partial charge in [-0.15, -0.1) is 0 Å². The zero-order valence-electron chi connectivity index (χ0n) is 20.7. The Bertz CT molecular complexity index is 1160. The van der Waals surface area contributed by atoms with Crippen LogP contribution in [-0.2, 0) is 54.0 Å². The van der Waals surface area contributed by atoms with E-state index in [9.17, 15) is 59.0 Å². The smallest absolute Gasteiger partial charge is 0.397 e. The van der Waals surface area contributed by atoms with Gasteiger partial charge in [-0.05, 0) is 11.8 Å². The minimum absolute atomic E-state index is 0.461. The van der Waals surface area contributed by atoms with Crippen LogP contribution < -0.4 is 4.72 Å². The fourth-order valence-corrected chi connectivity index (χ4v) is 7.00. The molecule has 2 heterocycles. The second kappa shape index (κ2) is 13.3. The van der Waals surface area contributed by atoms with Crippen LogP contribution in [0.2, 0.25) is 0 Å². The molecule has 0 saturated carbocycles. The molecule has 0 amide bonds. The van der Waals surface area contributed by atoms with Gasteiger partial charge in [0.15, 0.2) is 6.10 Å². The first kappa shape index (κ1) is 34.1. The Labute approximate surface area is 225 Å². The molecule has 230 valence electrons. The summed E-state index contributed by atoms with van der Waals surface area (Å²) in [7, 11) is -14.5. The number of aliphatic carboxylic acids is 1. The molecule has 21 heteroatoms. The number of carbonyl (C=O) groups is 1. The van der Waals surface area contributed by atoms with Gasteiger partial charge in [0.05, 0.1) is 38.1 Å². The topological polar surface area (TPSA) is 290 Å². The van der Waals surface area contributed by atoms with E-state index >= 15 is 0 Å². The molecule has 0 bridgehead atoms. The molecule has 0 aromatic rings. The lowest BCUT2D eigenvalue weighted by atomic mass is 9.79. The first-order valence-corrected chi connectivity index (χ1v) is 15.9. The van der Waals surface area contributed by atoms with Crippen LogP contribution in [0.4, 0.5) is 0 Å². The monoisotopic (exact) mass is 631 g/mol. The zero-order chi connectivity index (χ0) is 29.9. The fourth-order valence-electron chi connectivity index (χ4n) is 4.97. The number of carboxylic acid groups (broad SMARTS) is 1. The normalized spacial score (nSPS) is 36.5. The van der Waals surface area contributed by atoms with Gasteiger partial charge >= 0.3 is 26.7 Å². The summed E-state index contributed by atoms with van der Waals surface area (Å²) in [6.07, 6.45) is -7.26. The predicted octanol–water partition coefficient (Wildman–Crippen LogP) is -3.05. The molecule has 2 aliphatic rings. The Hall–Kier alpha value is -1.08. The lowest BCUT2D eigenvalue weighted by Gasteiger charge is -2.45. The van der Waals surface area contributed by atoms with Crippen molar-refractivity contribution in [1.29, 1.82) is 0 Å². The average molecular weight is 632 g/mol. The fraction of sp³-hybridized carbons (Fsp3) is 0.944. The summed E-state index contributed by atoms with van der Waals surface area (Å²) in [5.74, 6) is -6.50. The minimum Gasteiger partial charge on any atom is -0.479 e. The van der Waals surface area contributed by atoms with Gasteiger partial charge in [-0.1, -0.05) is 13.8 Å². The summed E-state index contributed by atoms with van der Waals surface area (Å²) in [5, 5.41) is 28.7. The molecule has 39 heavy (non-hydrogen) atoms. The van der Waals surface area contributed by atoms with Crippen molar-refractivity contribution in [3.63, 3.8) is 0 Å². The first-order chi connectivity index (χ1) is 17.8. The van der Waals surface area contributed by atoms with E-state index in [1.54, 1.807) is 0 Å². The maximum absolute atomic E-state index is 11.7. The van der Waals surface area contributed by atoms with E-state index in [4.69, 9.17) is 14.2 Å². The van der Waals surface area contributed by atoms with Crippen LogP contribution in [0.25, 0.3) is 0 Å². The lowest BCUT2D eigenvalue weighted by molar-refractivity contribution is -0.207. The van der Waals surface area contributed by atoms with Crippen molar-refractivity contribution in [2.45, 2.75) is 50.4 Å². The van der Waals surface area contributed by atoms with Crippen LogP contribution in [0.15, 0.2) is 0 Å². The standard InChI is InChI=1S/C18H33NO17S3/c1-8-11(14(7-37(24,25)26)34-12(4-21)15(8)19-38(27,28)29)5-33-6-13-16(36-39(30,31)32)9(2)10(3-20)17(35-13)18(22)23/h8-17,19-21H,3-7H2,1-2H3,(H,22,23)(H,24,25,26)(H,27,28,29)(H,30,31,32)/t8-,9-,10+,11+,12-,13-,14?,15?,16?,17?/m0/s1. The molecule has 2 aliphatic heterocycles. The number of aliphatic hydroxyl groups is 2. The molecule has 0 spiro atoms. The van der Waals surface area contributed by atoms with Crippen molar-refractivity contribution >= 4 is 36.8 Å². The zero-order valence-corrected chi connectivity index (χ0v) is 23.2. The second-order valence-electron chi connectivity index (χ2n) is 9.45. The van der Waals surface area contributed by atoms with E-state index < -0.39 is 129 Å². The maximum atomic E-state index is 11.7. The summed E-state index contributed by atoms with van der Waals surface area (Å²) >= 11 is 0. The molecule has 2 saturated heterocycles. The summed E-state index contributed by atoms with van der Waals surface area (Å²) in [4.78, 5) is 11.7. The molecule has 18 nitrogen and oxygen atoms in total. The third kappa shape index (κ3) is 9.76. The quantitative estimate of drug-likeness (QED) is 0.0993. The average Bonchev–Trinajstić information content (AvgIpc) is 2.76. The summed E-state index contributed by atoms with van der Waals surface area (Å²) in [5.41, 5.74) is 0. The van der Waals surface area contributed by atoms with E-state index in [-0.39, 0.29) is 0 Å². The highest BCUT2D eigenvalue weighted by molar-refractivity contribution is 7.85. The van der Waals surface area contributed by atoms with Crippen molar-refractivity contribution in [3.8, 4) is 0 Å². The number of nitrogens with one attached hydrogen (secondary N) is 1. The highest BCUT2D eigenvalue weighted by Gasteiger charge is 2.49. The summed E-state index contributed by atoms with van der Waals surface area (Å²) in [6, 6.07) is -1.28. The number of hydrogen-bond donors (Lipinski definition) is 7. The lowest BCUT2D eigenvalue weighted by Crippen LogP contribution is -2.60. The van der Waals surface area contributed by atoms with Gasteiger partial charge in [-0.2, -0.15) is 30.0 Å². The highest BCUT2D eigenvalue weighted by atomic mass is 32.3. The molecule has 0 radical (unpaired) electrons. The van der Waals surface area contributed by atoms with Crippen molar-refractivity contribution in [1.82, 2.24) is 4.72 Å². The Morgan fingerprint density at radius 2 is 1.46 bits per heavy atom. The van der Waals surface area contributed by atoms with Gasteiger partial charge in [-0.3, -0.25) is 13.7 Å². The van der Waals surface area contributed by atoms with Crippen LogP contribution in [-0.4, -0.2) is 129 Å². The molecule has 10 atom stereocenters. The maximum Gasteiger partial charge on any atom is 0.397 e. The largest absolute Gasteiger partial charge is 0.479 e. The van der Waals surface area contributed by atoms with E-state index in [0.29, 0.717) is 0 Å². The van der Waals surface area contributed by atoms with Gasteiger partial charge < -0.3 is 29.5 Å². The summed E-state index contributed by atoms with van der Waals surface area (Å²) < 4.78 is 120. The van der Waals surface area contributed by atoms with Crippen LogP contribution in [0, 0.1) is 23.7 Å². The van der Waals surface area contributed by atoms with Gasteiger partial charge in [0.1, 0.15) is 18.0 Å². The minimum atomic E-state index is -5.07. The van der Waals surface area contributed by atoms with E-state index in [2.05, 4.69) is 4.18 Å². The van der Waals surface area contributed by atoms with Gasteiger partial charge in [0.25, 0.3) is 10.1 Å². The third-order valence-corrected chi connectivity index (χ3v) is 8.64. The number of aliphatic hydroxyl groups excluding tert-OH is 2. The Kier molecular flexibility index (Phi) is 11.6. The molecule has 0 aromatic carbocycles. The number of hydrogen-bond acceptors (Lipinski definition) is 13. The molecule has 4 unspecified atom stereocenters. The van der Waals surface area contributed by atoms with Gasteiger partial charge in [-0.25, -0.2) is 8.98 Å². The number of rotatable bonds is 13. The van der Waals surface area contributed by atoms with Gasteiger partial charge in [0, 0.05) is 18.4 Å². The van der Waals surface area contributed by atoms with Crippen LogP contribution in [0.5, 0.6) is 0 Å². The molecule has 0 aromatic heterocycles. The molecular weight excluding hydrogens is 598 g/mol. The molecular formula is C18H33NO17S3. The Morgan fingerprint density at radius 1 is 0.846 bits per heavy atom. The molecule has 2 fully saturated rings. The highest BCUT2D eigenvalue weighted by Crippen LogP contribution is 2.35. The molecule has 7 N–H and O–H groups in total. The van der Waals surface area contributed by atoms with Crippen LogP contribution in [0.1, 0.15) is 13.8 Å². The van der Waals surface area contributed by atoms with Gasteiger partial charge in [0.2, 0.25) is 0 Å². The van der Waals surface area contributed by atoms with E-state index in [1.807, 2.05) is 4.72 Å². The third-order valence-electron chi connectivity index (χ3n) is 6.86. The predicted molar refractivity (Wildman–Crippen MR) is 127 cm³/mol. The Balaban J connectivity index is 2.30. The van der Waals surface area contributed by atoms with E-state index in [0.717, 1.165) is 0 Å². The molecule has 2 rings (SSSR count). The van der Waals surface area contributed by atoms with Crippen LogP contribution >= 0.6 is 0 Å². The number of ether oxygens (including phenoxy) is 3. The van der Waals surface area contributed by atoms with E-state index in [1.165, 1.54) is 13.8 Å². The summed E-state index contributed by atoms with van der Waals surface area (Å²) in [6.45, 7) is 0.222. The van der Waals surface area contributed by atoms with Crippen molar-refractivity contribution in [3.05, 3.63) is 0 Å². The van der Waals surface area contributed by atoms with Crippen molar-refractivity contribution in [2.75, 3.05) is 32.2 Å². The number of carboxylic acids is 1. The first-order valence-electron chi connectivity index (χ1n) is 11.5.